The molecule has 0 radical (unpaired) electrons. The van der Waals surface area contributed by atoms with E-state index in [0.29, 0.717) is 30.3 Å². The monoisotopic (exact) mass is 341 g/mol. The molecule has 0 spiro atoms. The molecule has 2 aromatic heterocycles. The number of amides is 1. The average Bonchev–Trinajstić information content (AvgIpc) is 3.23. The largest absolute Gasteiger partial charge is 0.466 e. The number of furan rings is 1. The molecule has 1 amide bonds. The van der Waals surface area contributed by atoms with Gasteiger partial charge in [-0.1, -0.05) is 0 Å². The SMILES string of the molecule is Cc1cc(C(=O)N2CCCC2Cn2nc(C3CC3)ccc2=O)c(C)o1. The summed E-state index contributed by atoms with van der Waals surface area (Å²) in [6.45, 7) is 4.83. The minimum absolute atomic E-state index is 0.00163. The van der Waals surface area contributed by atoms with E-state index < -0.39 is 0 Å². The predicted octanol–water partition coefficient (Wildman–Crippen LogP) is 2.64. The molecule has 0 N–H and O–H groups in total. The summed E-state index contributed by atoms with van der Waals surface area (Å²) in [6, 6.07) is 5.24. The second-order valence-corrected chi connectivity index (χ2v) is 7.17. The summed E-state index contributed by atoms with van der Waals surface area (Å²) >= 11 is 0. The van der Waals surface area contributed by atoms with E-state index in [0.717, 1.165) is 37.1 Å². The number of hydrogen-bond donors (Lipinski definition) is 0. The second kappa shape index (κ2) is 6.17. The molecule has 1 unspecified atom stereocenters. The number of aryl methyl sites for hydroxylation is 2. The lowest BCUT2D eigenvalue weighted by Crippen LogP contribution is -2.40. The van der Waals surface area contributed by atoms with E-state index >= 15 is 0 Å². The maximum Gasteiger partial charge on any atom is 0.266 e. The van der Waals surface area contributed by atoms with Gasteiger partial charge in [0.1, 0.15) is 11.5 Å². The average molecular weight is 341 g/mol. The second-order valence-electron chi connectivity index (χ2n) is 7.17. The van der Waals surface area contributed by atoms with E-state index in [1.54, 1.807) is 12.1 Å². The summed E-state index contributed by atoms with van der Waals surface area (Å²) in [7, 11) is 0. The Kier molecular flexibility index (Phi) is 3.98. The zero-order valence-corrected chi connectivity index (χ0v) is 14.7. The van der Waals surface area contributed by atoms with Crippen LogP contribution in [0.2, 0.25) is 0 Å². The van der Waals surface area contributed by atoms with Crippen molar-refractivity contribution < 1.29 is 9.21 Å². The molecule has 1 atom stereocenters. The number of rotatable bonds is 4. The number of nitrogens with zero attached hydrogens (tertiary/aromatic N) is 3. The molecule has 132 valence electrons. The molecule has 0 aromatic carbocycles. The van der Waals surface area contributed by atoms with E-state index in [2.05, 4.69) is 5.10 Å². The van der Waals surface area contributed by atoms with Gasteiger partial charge in [0.2, 0.25) is 0 Å². The number of carbonyl (C=O) groups is 1. The Morgan fingerprint density at radius 3 is 2.76 bits per heavy atom. The Hall–Kier alpha value is -2.37. The quantitative estimate of drug-likeness (QED) is 0.857. The third-order valence-corrected chi connectivity index (χ3v) is 5.18. The van der Waals surface area contributed by atoms with Crippen molar-refractivity contribution in [3.63, 3.8) is 0 Å². The molecule has 0 bridgehead atoms. The molecule has 2 fully saturated rings. The van der Waals surface area contributed by atoms with Crippen LogP contribution in [-0.2, 0) is 6.54 Å². The lowest BCUT2D eigenvalue weighted by Gasteiger charge is -2.25. The first-order valence-corrected chi connectivity index (χ1v) is 8.99. The Morgan fingerprint density at radius 2 is 2.08 bits per heavy atom. The normalized spacial score (nSPS) is 20.2. The van der Waals surface area contributed by atoms with Crippen LogP contribution in [0.25, 0.3) is 0 Å². The third-order valence-electron chi connectivity index (χ3n) is 5.18. The summed E-state index contributed by atoms with van der Waals surface area (Å²) in [5, 5.41) is 4.53. The van der Waals surface area contributed by atoms with Gasteiger partial charge >= 0.3 is 0 Å². The van der Waals surface area contributed by atoms with E-state index in [1.807, 2.05) is 24.8 Å². The summed E-state index contributed by atoms with van der Waals surface area (Å²) in [6.07, 6.45) is 4.14. The summed E-state index contributed by atoms with van der Waals surface area (Å²) in [4.78, 5) is 27.0. The summed E-state index contributed by atoms with van der Waals surface area (Å²) in [5.41, 5.74) is 1.52. The molecule has 2 aromatic rings. The Morgan fingerprint density at radius 1 is 1.28 bits per heavy atom. The smallest absolute Gasteiger partial charge is 0.266 e. The van der Waals surface area contributed by atoms with Crippen LogP contribution in [0, 0.1) is 13.8 Å². The Labute approximate surface area is 146 Å². The van der Waals surface area contributed by atoms with E-state index in [-0.39, 0.29) is 17.5 Å². The Balaban J connectivity index is 1.56. The minimum Gasteiger partial charge on any atom is -0.466 e. The first-order valence-electron chi connectivity index (χ1n) is 8.99. The van der Waals surface area contributed by atoms with Crippen molar-refractivity contribution in [2.75, 3.05) is 6.54 Å². The van der Waals surface area contributed by atoms with Crippen LogP contribution in [0.5, 0.6) is 0 Å². The van der Waals surface area contributed by atoms with Gasteiger partial charge in [-0.2, -0.15) is 5.10 Å². The molecule has 6 heteroatoms. The van der Waals surface area contributed by atoms with Crippen molar-refractivity contribution in [2.45, 2.75) is 58.0 Å². The fourth-order valence-electron chi connectivity index (χ4n) is 3.68. The molecule has 4 rings (SSSR count). The minimum atomic E-state index is -0.0981. The van der Waals surface area contributed by atoms with Gasteiger partial charge in [-0.15, -0.1) is 0 Å². The van der Waals surface area contributed by atoms with Gasteiger partial charge in [0.25, 0.3) is 11.5 Å². The standard InChI is InChI=1S/C19H23N3O3/c1-12-10-16(13(2)25-12)19(24)21-9-3-4-15(21)11-22-18(23)8-7-17(20-22)14-5-6-14/h7-8,10,14-15H,3-6,9,11H2,1-2H3. The lowest BCUT2D eigenvalue weighted by atomic mass is 10.1. The molecule has 1 aliphatic carbocycles. The van der Waals surface area contributed by atoms with Gasteiger partial charge in [-0.3, -0.25) is 9.59 Å². The number of carbonyl (C=O) groups excluding carboxylic acids is 1. The fourth-order valence-corrected chi connectivity index (χ4v) is 3.68. The molecule has 1 saturated heterocycles. The van der Waals surface area contributed by atoms with Crippen molar-refractivity contribution in [1.29, 1.82) is 0 Å². The van der Waals surface area contributed by atoms with E-state index in [4.69, 9.17) is 4.42 Å². The molecule has 1 aliphatic heterocycles. The number of hydrogen-bond acceptors (Lipinski definition) is 4. The molecule has 6 nitrogen and oxygen atoms in total. The Bertz CT molecular complexity index is 863. The molecular formula is C19H23N3O3. The van der Waals surface area contributed by atoms with Crippen molar-refractivity contribution in [2.24, 2.45) is 0 Å². The van der Waals surface area contributed by atoms with Crippen LogP contribution in [-0.4, -0.2) is 33.2 Å². The summed E-state index contributed by atoms with van der Waals surface area (Å²) < 4.78 is 7.04. The highest BCUT2D eigenvalue weighted by Gasteiger charge is 2.32. The van der Waals surface area contributed by atoms with Crippen LogP contribution in [0.1, 0.15) is 59.2 Å². The highest BCUT2D eigenvalue weighted by molar-refractivity contribution is 5.95. The first-order chi connectivity index (χ1) is 12.0. The maximum absolute atomic E-state index is 12.9. The molecule has 2 aliphatic rings. The van der Waals surface area contributed by atoms with E-state index in [1.165, 1.54) is 4.68 Å². The van der Waals surface area contributed by atoms with Gasteiger partial charge in [0.05, 0.1) is 23.8 Å². The van der Waals surface area contributed by atoms with Gasteiger partial charge < -0.3 is 9.32 Å². The fraction of sp³-hybridized carbons (Fsp3) is 0.526. The van der Waals surface area contributed by atoms with Crippen molar-refractivity contribution in [3.8, 4) is 0 Å². The number of aromatic nitrogens is 2. The topological polar surface area (TPSA) is 68.3 Å². The van der Waals surface area contributed by atoms with E-state index in [9.17, 15) is 9.59 Å². The highest BCUT2D eigenvalue weighted by atomic mass is 16.3. The zero-order chi connectivity index (χ0) is 17.6. The van der Waals surface area contributed by atoms with Crippen molar-refractivity contribution >= 4 is 5.91 Å². The van der Waals surface area contributed by atoms with Gasteiger partial charge in [0.15, 0.2) is 0 Å². The van der Waals surface area contributed by atoms with Gasteiger partial charge in [-0.05, 0) is 51.7 Å². The highest BCUT2D eigenvalue weighted by Crippen LogP contribution is 2.38. The predicted molar refractivity (Wildman–Crippen MR) is 92.7 cm³/mol. The molecular weight excluding hydrogens is 318 g/mol. The van der Waals surface area contributed by atoms with Crippen LogP contribution in [0.3, 0.4) is 0 Å². The third kappa shape index (κ3) is 3.13. The first kappa shape index (κ1) is 16.1. The molecule has 3 heterocycles. The maximum atomic E-state index is 12.9. The number of likely N-dealkylation sites (tertiary alicyclic amines) is 1. The van der Waals surface area contributed by atoms with Crippen LogP contribution < -0.4 is 5.56 Å². The van der Waals surface area contributed by atoms with Crippen LogP contribution >= 0.6 is 0 Å². The van der Waals surface area contributed by atoms with Crippen molar-refractivity contribution in [1.82, 2.24) is 14.7 Å². The van der Waals surface area contributed by atoms with Crippen LogP contribution in [0.4, 0.5) is 0 Å². The van der Waals surface area contributed by atoms with Gasteiger partial charge in [0, 0.05) is 18.5 Å². The molecule has 25 heavy (non-hydrogen) atoms. The van der Waals surface area contributed by atoms with Crippen LogP contribution in [0.15, 0.2) is 27.4 Å². The van der Waals surface area contributed by atoms with Gasteiger partial charge in [-0.25, -0.2) is 4.68 Å². The lowest BCUT2D eigenvalue weighted by molar-refractivity contribution is 0.0718. The molecule has 1 saturated carbocycles. The zero-order valence-electron chi connectivity index (χ0n) is 14.7. The van der Waals surface area contributed by atoms with Crippen molar-refractivity contribution in [3.05, 3.63) is 51.3 Å². The summed E-state index contributed by atoms with van der Waals surface area (Å²) in [5.74, 6) is 1.89.